The molecular weight excluding hydrogens is 273 g/mol. The molecule has 1 aromatic carbocycles. The summed E-state index contributed by atoms with van der Waals surface area (Å²) in [5.74, 6) is 0.907. The maximum absolute atomic E-state index is 13.1. The second-order valence-corrected chi connectivity index (χ2v) is 6.15. The van der Waals surface area contributed by atoms with Gasteiger partial charge in [0, 0.05) is 17.0 Å². The van der Waals surface area contributed by atoms with Crippen LogP contribution in [0.2, 0.25) is 0 Å². The number of hydrogen-bond donors (Lipinski definition) is 2. The minimum absolute atomic E-state index is 0.141. The van der Waals surface area contributed by atoms with E-state index in [9.17, 15) is 9.18 Å². The number of amides is 1. The molecule has 2 rings (SSSR count). The van der Waals surface area contributed by atoms with Gasteiger partial charge in [0.05, 0.1) is 0 Å². The van der Waals surface area contributed by atoms with Gasteiger partial charge in [-0.2, -0.15) is 0 Å². The summed E-state index contributed by atoms with van der Waals surface area (Å²) < 4.78 is 13.1. The molecule has 0 aliphatic heterocycles. The fourth-order valence-corrected chi connectivity index (χ4v) is 3.05. The van der Waals surface area contributed by atoms with Gasteiger partial charge in [-0.25, -0.2) is 4.39 Å². The largest absolute Gasteiger partial charge is 0.352 e. The van der Waals surface area contributed by atoms with Crippen molar-refractivity contribution in [2.24, 2.45) is 11.8 Å². The second-order valence-electron chi connectivity index (χ2n) is 5.67. The topological polar surface area (TPSA) is 29.1 Å². The van der Waals surface area contributed by atoms with Crippen molar-refractivity contribution in [2.45, 2.75) is 43.9 Å². The molecule has 1 aliphatic rings. The number of rotatable bonds is 4. The molecule has 4 heteroatoms. The van der Waals surface area contributed by atoms with Crippen LogP contribution >= 0.6 is 12.6 Å². The highest BCUT2D eigenvalue weighted by atomic mass is 32.1. The van der Waals surface area contributed by atoms with Crippen LogP contribution in [0.3, 0.4) is 0 Å². The molecular formula is C16H22FNOS. The molecule has 0 aromatic heterocycles. The van der Waals surface area contributed by atoms with Crippen LogP contribution in [0.25, 0.3) is 0 Å². The zero-order chi connectivity index (χ0) is 14.5. The van der Waals surface area contributed by atoms with Crippen molar-refractivity contribution < 1.29 is 9.18 Å². The Kier molecular flexibility index (Phi) is 5.46. The van der Waals surface area contributed by atoms with Crippen LogP contribution in [0, 0.1) is 17.7 Å². The maximum Gasteiger partial charge on any atom is 0.251 e. The van der Waals surface area contributed by atoms with Crippen LogP contribution in [0.15, 0.2) is 23.1 Å². The van der Waals surface area contributed by atoms with E-state index >= 15 is 0 Å². The maximum atomic E-state index is 13.1. The fraction of sp³-hybridized carbons (Fsp3) is 0.562. The van der Waals surface area contributed by atoms with E-state index in [1.165, 1.54) is 50.3 Å². The van der Waals surface area contributed by atoms with Crippen LogP contribution in [0.5, 0.6) is 0 Å². The highest BCUT2D eigenvalue weighted by Gasteiger charge is 2.20. The molecule has 0 atom stereocenters. The van der Waals surface area contributed by atoms with Gasteiger partial charge < -0.3 is 5.32 Å². The number of nitrogens with one attached hydrogen (secondary N) is 1. The van der Waals surface area contributed by atoms with E-state index in [1.807, 2.05) is 0 Å². The lowest BCUT2D eigenvalue weighted by molar-refractivity contribution is 0.0941. The molecule has 20 heavy (non-hydrogen) atoms. The summed E-state index contributed by atoms with van der Waals surface area (Å²) in [7, 11) is 0. The molecule has 1 fully saturated rings. The number of halogens is 1. The average Bonchev–Trinajstić information content (AvgIpc) is 2.48. The van der Waals surface area contributed by atoms with Crippen molar-refractivity contribution in [3.8, 4) is 0 Å². The van der Waals surface area contributed by atoms with Gasteiger partial charge in [-0.15, -0.1) is 12.6 Å². The molecule has 1 amide bonds. The molecule has 0 bridgehead atoms. The number of benzene rings is 1. The first-order valence-corrected chi connectivity index (χ1v) is 7.81. The van der Waals surface area contributed by atoms with Crippen molar-refractivity contribution in [3.05, 3.63) is 29.6 Å². The second kappa shape index (κ2) is 7.11. The smallest absolute Gasteiger partial charge is 0.251 e. The summed E-state index contributed by atoms with van der Waals surface area (Å²) in [4.78, 5) is 12.2. The predicted octanol–water partition coefficient (Wildman–Crippen LogP) is 4.06. The lowest BCUT2D eigenvalue weighted by Crippen LogP contribution is -2.31. The van der Waals surface area contributed by atoms with E-state index < -0.39 is 5.82 Å². The third-order valence-electron chi connectivity index (χ3n) is 4.30. The molecule has 110 valence electrons. The van der Waals surface area contributed by atoms with Crippen molar-refractivity contribution in [1.29, 1.82) is 0 Å². The first kappa shape index (κ1) is 15.4. The Morgan fingerprint density at radius 3 is 2.55 bits per heavy atom. The first-order valence-electron chi connectivity index (χ1n) is 7.36. The molecule has 2 nitrogen and oxygen atoms in total. The number of carbonyl (C=O) groups is 1. The van der Waals surface area contributed by atoms with Crippen LogP contribution in [0.4, 0.5) is 4.39 Å². The average molecular weight is 295 g/mol. The van der Waals surface area contributed by atoms with Crippen LogP contribution in [0.1, 0.15) is 49.4 Å². The Bertz CT molecular complexity index is 470. The third-order valence-corrected chi connectivity index (χ3v) is 4.65. The lowest BCUT2D eigenvalue weighted by atomic mass is 9.81. The van der Waals surface area contributed by atoms with Gasteiger partial charge >= 0.3 is 0 Å². The summed E-state index contributed by atoms with van der Waals surface area (Å²) >= 11 is 4.00. The zero-order valence-electron chi connectivity index (χ0n) is 11.9. The Morgan fingerprint density at radius 2 is 1.95 bits per heavy atom. The highest BCUT2D eigenvalue weighted by Crippen LogP contribution is 2.30. The Morgan fingerprint density at radius 1 is 1.30 bits per heavy atom. The molecule has 1 N–H and O–H groups in total. The Balaban J connectivity index is 1.82. The first-order chi connectivity index (χ1) is 9.60. The predicted molar refractivity (Wildman–Crippen MR) is 81.7 cm³/mol. The van der Waals surface area contributed by atoms with Crippen molar-refractivity contribution in [3.63, 3.8) is 0 Å². The van der Waals surface area contributed by atoms with E-state index in [-0.39, 0.29) is 10.8 Å². The third kappa shape index (κ3) is 3.98. The van der Waals surface area contributed by atoms with Gasteiger partial charge in [0.25, 0.3) is 5.91 Å². The number of hydrogen-bond acceptors (Lipinski definition) is 2. The summed E-state index contributed by atoms with van der Waals surface area (Å²) in [6.45, 7) is 2.96. The zero-order valence-corrected chi connectivity index (χ0v) is 12.8. The normalized spacial score (nSPS) is 22.6. The summed E-state index contributed by atoms with van der Waals surface area (Å²) in [6.07, 6.45) is 6.20. The van der Waals surface area contributed by atoms with E-state index in [1.54, 1.807) is 0 Å². The van der Waals surface area contributed by atoms with Crippen molar-refractivity contribution in [1.82, 2.24) is 5.32 Å². The Labute approximate surface area is 125 Å². The molecule has 0 unspecified atom stereocenters. The van der Waals surface area contributed by atoms with Crippen LogP contribution in [-0.4, -0.2) is 12.5 Å². The van der Waals surface area contributed by atoms with Gasteiger partial charge in [0.15, 0.2) is 0 Å². The van der Waals surface area contributed by atoms with Crippen molar-refractivity contribution >= 4 is 18.5 Å². The number of carbonyl (C=O) groups excluding carboxylic acids is 1. The quantitative estimate of drug-likeness (QED) is 0.806. The molecule has 0 radical (unpaired) electrons. The standard InChI is InChI=1S/C16H22FNOS/c1-2-11-3-5-12(6-4-11)10-18-16(19)13-7-8-14(17)15(20)9-13/h7-9,11-12,20H,2-6,10H2,1H3,(H,18,19). The van der Waals surface area contributed by atoms with E-state index in [0.29, 0.717) is 18.0 Å². The van der Waals surface area contributed by atoms with Gasteiger partial charge in [-0.1, -0.05) is 26.2 Å². The van der Waals surface area contributed by atoms with Crippen LogP contribution < -0.4 is 5.32 Å². The molecule has 0 heterocycles. The van der Waals surface area contributed by atoms with E-state index in [4.69, 9.17) is 0 Å². The summed E-state index contributed by atoms with van der Waals surface area (Å²) in [5.41, 5.74) is 0.471. The van der Waals surface area contributed by atoms with Gasteiger partial charge in [-0.05, 0) is 42.9 Å². The van der Waals surface area contributed by atoms with E-state index in [2.05, 4.69) is 24.9 Å². The van der Waals surface area contributed by atoms with Gasteiger partial charge in [0.1, 0.15) is 5.82 Å². The minimum Gasteiger partial charge on any atom is -0.352 e. The Hall–Kier alpha value is -1.03. The molecule has 0 spiro atoms. The molecule has 1 aliphatic carbocycles. The lowest BCUT2D eigenvalue weighted by Gasteiger charge is -2.27. The minimum atomic E-state index is -0.400. The SMILES string of the molecule is CCC1CCC(CNC(=O)c2ccc(F)c(S)c2)CC1. The highest BCUT2D eigenvalue weighted by molar-refractivity contribution is 7.80. The summed E-state index contributed by atoms with van der Waals surface area (Å²) in [6, 6.07) is 4.25. The van der Waals surface area contributed by atoms with Crippen LogP contribution in [-0.2, 0) is 0 Å². The monoisotopic (exact) mass is 295 g/mol. The van der Waals surface area contributed by atoms with Crippen molar-refractivity contribution in [2.75, 3.05) is 6.54 Å². The van der Waals surface area contributed by atoms with Gasteiger partial charge in [-0.3, -0.25) is 4.79 Å². The number of thiol groups is 1. The molecule has 1 aromatic rings. The molecule has 1 saturated carbocycles. The van der Waals surface area contributed by atoms with E-state index in [0.717, 1.165) is 5.92 Å². The molecule has 0 saturated heterocycles. The fourth-order valence-electron chi connectivity index (χ4n) is 2.84. The van der Waals surface area contributed by atoms with Gasteiger partial charge in [0.2, 0.25) is 0 Å². The summed E-state index contributed by atoms with van der Waals surface area (Å²) in [5, 5.41) is 2.95.